The van der Waals surface area contributed by atoms with E-state index in [1.54, 1.807) is 41.3 Å². The monoisotopic (exact) mass is 599 g/mol. The summed E-state index contributed by atoms with van der Waals surface area (Å²) in [7, 11) is 0. The Balaban J connectivity index is 1.07. The first kappa shape index (κ1) is 27.5. The van der Waals surface area contributed by atoms with Gasteiger partial charge < -0.3 is 28.5 Å². The van der Waals surface area contributed by atoms with Crippen molar-refractivity contribution >= 4 is 46.1 Å². The third-order valence-electron chi connectivity index (χ3n) is 7.34. The second-order valence-electron chi connectivity index (χ2n) is 10.0. The SMILES string of the molecule is O=C(O)c1ccc2nc(CN3CCN(C(=O)c4cnc(OCc5ccc(Cl)cc5Cl)o4)CC3)n(C[C@@H]3CCO3)c2c1. The summed E-state index contributed by atoms with van der Waals surface area (Å²) >= 11 is 12.1. The molecule has 2 saturated heterocycles. The van der Waals surface area contributed by atoms with Crippen molar-refractivity contribution < 1.29 is 28.6 Å². The Morgan fingerprint density at radius 3 is 2.61 bits per heavy atom. The minimum atomic E-state index is -0.974. The summed E-state index contributed by atoms with van der Waals surface area (Å²) in [4.78, 5) is 37.5. The lowest BCUT2D eigenvalue weighted by atomic mass is 10.1. The van der Waals surface area contributed by atoms with Crippen LogP contribution in [0.2, 0.25) is 10.0 Å². The van der Waals surface area contributed by atoms with Crippen molar-refractivity contribution in [2.45, 2.75) is 32.2 Å². The highest BCUT2D eigenvalue weighted by molar-refractivity contribution is 6.35. The predicted octanol–water partition coefficient (Wildman–Crippen LogP) is 4.36. The highest BCUT2D eigenvalue weighted by atomic mass is 35.5. The van der Waals surface area contributed by atoms with Crippen LogP contribution in [0.25, 0.3) is 11.0 Å². The maximum absolute atomic E-state index is 13.1. The van der Waals surface area contributed by atoms with Crippen LogP contribution < -0.4 is 4.74 Å². The van der Waals surface area contributed by atoms with Crippen molar-refractivity contribution in [2.24, 2.45) is 0 Å². The molecule has 0 radical (unpaired) electrons. The molecule has 0 spiro atoms. The third-order valence-corrected chi connectivity index (χ3v) is 7.93. The number of aromatic carboxylic acids is 1. The van der Waals surface area contributed by atoms with E-state index in [9.17, 15) is 14.7 Å². The van der Waals surface area contributed by atoms with Crippen molar-refractivity contribution in [3.05, 3.63) is 75.4 Å². The minimum absolute atomic E-state index is 0.0154. The largest absolute Gasteiger partial charge is 0.478 e. The van der Waals surface area contributed by atoms with Crippen LogP contribution in [0.15, 0.2) is 47.0 Å². The summed E-state index contributed by atoms with van der Waals surface area (Å²) < 4.78 is 18.9. The molecule has 4 aromatic rings. The molecule has 0 unspecified atom stereocenters. The number of oxazole rings is 1. The molecule has 0 aliphatic carbocycles. The number of amides is 1. The van der Waals surface area contributed by atoms with Gasteiger partial charge in [0, 0.05) is 48.4 Å². The van der Waals surface area contributed by atoms with Gasteiger partial charge in [0.25, 0.3) is 5.91 Å². The van der Waals surface area contributed by atoms with Gasteiger partial charge in [-0.25, -0.2) is 9.78 Å². The molecule has 1 amide bonds. The maximum Gasteiger partial charge on any atom is 0.394 e. The maximum atomic E-state index is 13.1. The van der Waals surface area contributed by atoms with Crippen LogP contribution in [-0.4, -0.2) is 80.2 Å². The highest BCUT2D eigenvalue weighted by Crippen LogP contribution is 2.25. The van der Waals surface area contributed by atoms with E-state index in [1.165, 1.54) is 6.20 Å². The molecule has 13 heteroatoms. The minimum Gasteiger partial charge on any atom is -0.478 e. The van der Waals surface area contributed by atoms with Crippen molar-refractivity contribution in [1.29, 1.82) is 0 Å². The lowest BCUT2D eigenvalue weighted by Crippen LogP contribution is -2.48. The molecule has 4 heterocycles. The van der Waals surface area contributed by atoms with Crippen molar-refractivity contribution in [3.8, 4) is 6.08 Å². The Morgan fingerprint density at radius 2 is 1.90 bits per heavy atom. The number of carbonyl (C=O) groups is 2. The fourth-order valence-electron chi connectivity index (χ4n) is 4.93. The van der Waals surface area contributed by atoms with E-state index in [2.05, 4.69) is 14.5 Å². The first-order valence-electron chi connectivity index (χ1n) is 13.2. The standard InChI is InChI=1S/C28H27Cl2N5O6/c29-19-3-1-18(21(30)12-19)16-40-28-31-13-24(41-28)26(36)34-8-6-33(7-9-34)15-25-32-22-4-2-17(27(37)38)11-23(22)35(25)14-20-5-10-39-20/h1-4,11-13,20H,5-10,14-16H2,(H,37,38)/t20-/m0/s1. The summed E-state index contributed by atoms with van der Waals surface area (Å²) in [6.07, 6.45) is 2.40. The van der Waals surface area contributed by atoms with E-state index < -0.39 is 5.97 Å². The fourth-order valence-corrected chi connectivity index (χ4v) is 5.39. The fraction of sp³-hybridized carbons (Fsp3) is 0.357. The van der Waals surface area contributed by atoms with E-state index in [4.69, 9.17) is 42.1 Å². The molecule has 2 aliphatic heterocycles. The van der Waals surface area contributed by atoms with Gasteiger partial charge in [-0.2, -0.15) is 4.98 Å². The number of hydrogen-bond donors (Lipinski definition) is 1. The van der Waals surface area contributed by atoms with Crippen molar-refractivity contribution in [3.63, 3.8) is 0 Å². The molecule has 0 saturated carbocycles. The molecule has 11 nitrogen and oxygen atoms in total. The van der Waals surface area contributed by atoms with Crippen LogP contribution in [0.1, 0.15) is 38.7 Å². The number of fused-ring (bicyclic) bond motifs is 1. The first-order valence-corrected chi connectivity index (χ1v) is 14.0. The van der Waals surface area contributed by atoms with Gasteiger partial charge >= 0.3 is 12.0 Å². The Hall–Kier alpha value is -3.64. The molecule has 2 aliphatic rings. The van der Waals surface area contributed by atoms with Crippen LogP contribution in [0.4, 0.5) is 0 Å². The van der Waals surface area contributed by atoms with Crippen LogP contribution >= 0.6 is 23.2 Å². The number of carboxylic acid groups (broad SMARTS) is 1. The molecule has 2 aromatic heterocycles. The number of aromatic nitrogens is 3. The molecule has 1 N–H and O–H groups in total. The van der Waals surface area contributed by atoms with Crippen LogP contribution in [-0.2, 0) is 24.4 Å². The lowest BCUT2D eigenvalue weighted by molar-refractivity contribution is -0.0592. The number of benzene rings is 2. The van der Waals surface area contributed by atoms with E-state index >= 15 is 0 Å². The zero-order chi connectivity index (χ0) is 28.5. The normalized spacial score (nSPS) is 17.5. The second kappa shape index (κ2) is 11.7. The number of nitrogens with zero attached hydrogens (tertiary/aromatic N) is 5. The lowest BCUT2D eigenvalue weighted by Gasteiger charge is -2.34. The van der Waals surface area contributed by atoms with Gasteiger partial charge in [0.1, 0.15) is 12.4 Å². The molecular formula is C28H27Cl2N5O6. The Kier molecular flexibility index (Phi) is 7.85. The first-order chi connectivity index (χ1) is 19.8. The van der Waals surface area contributed by atoms with Crippen molar-refractivity contribution in [2.75, 3.05) is 32.8 Å². The summed E-state index contributed by atoms with van der Waals surface area (Å²) in [5, 5.41) is 10.5. The van der Waals surface area contributed by atoms with Gasteiger partial charge in [0.15, 0.2) is 0 Å². The third kappa shape index (κ3) is 6.03. The number of ether oxygens (including phenoxy) is 2. The average Bonchev–Trinajstić information content (AvgIpc) is 3.54. The Labute approximate surface area is 245 Å². The van der Waals surface area contributed by atoms with Gasteiger partial charge in [-0.05, 0) is 36.8 Å². The van der Waals surface area contributed by atoms with Gasteiger partial charge in [-0.15, -0.1) is 0 Å². The van der Waals surface area contributed by atoms with Gasteiger partial charge in [0.05, 0.1) is 42.0 Å². The van der Waals surface area contributed by atoms with Crippen LogP contribution in [0, 0.1) is 0 Å². The van der Waals surface area contributed by atoms with Gasteiger partial charge in [0.2, 0.25) is 5.76 Å². The summed E-state index contributed by atoms with van der Waals surface area (Å²) in [5.41, 5.74) is 2.47. The van der Waals surface area contributed by atoms with E-state index in [0.717, 1.165) is 29.9 Å². The molecular weight excluding hydrogens is 573 g/mol. The molecule has 2 fully saturated rings. The smallest absolute Gasteiger partial charge is 0.394 e. The quantitative estimate of drug-likeness (QED) is 0.299. The predicted molar refractivity (Wildman–Crippen MR) is 150 cm³/mol. The highest BCUT2D eigenvalue weighted by Gasteiger charge is 2.27. The van der Waals surface area contributed by atoms with E-state index in [0.29, 0.717) is 54.9 Å². The Morgan fingerprint density at radius 1 is 1.10 bits per heavy atom. The molecule has 2 aromatic carbocycles. The van der Waals surface area contributed by atoms with Crippen LogP contribution in [0.5, 0.6) is 6.08 Å². The molecule has 214 valence electrons. The summed E-state index contributed by atoms with van der Waals surface area (Å²) in [5.74, 6) is -0.284. The van der Waals surface area contributed by atoms with Crippen molar-refractivity contribution in [1.82, 2.24) is 24.3 Å². The molecule has 0 bridgehead atoms. The number of carboxylic acids is 1. The average molecular weight is 600 g/mol. The molecule has 6 rings (SSSR count). The number of piperazine rings is 1. The molecule has 1 atom stereocenters. The molecule has 41 heavy (non-hydrogen) atoms. The zero-order valence-electron chi connectivity index (χ0n) is 22.0. The number of carbonyl (C=O) groups excluding carboxylic acids is 1. The topological polar surface area (TPSA) is 123 Å². The van der Waals surface area contributed by atoms with Gasteiger partial charge in [-0.1, -0.05) is 29.3 Å². The van der Waals surface area contributed by atoms with E-state index in [-0.39, 0.29) is 36.0 Å². The van der Waals surface area contributed by atoms with Gasteiger partial charge in [-0.3, -0.25) is 9.69 Å². The van der Waals surface area contributed by atoms with E-state index in [1.807, 2.05) is 0 Å². The summed E-state index contributed by atoms with van der Waals surface area (Å²) in [6, 6.07) is 10.1. The number of imidazole rings is 1. The zero-order valence-corrected chi connectivity index (χ0v) is 23.5. The number of rotatable bonds is 9. The second-order valence-corrected chi connectivity index (χ2v) is 10.9. The summed E-state index contributed by atoms with van der Waals surface area (Å²) in [6.45, 7) is 4.34. The number of hydrogen-bond acceptors (Lipinski definition) is 8. The van der Waals surface area contributed by atoms with Crippen LogP contribution in [0.3, 0.4) is 0 Å². The Bertz CT molecular complexity index is 1590. The number of halogens is 2.